The SMILES string of the molecule is CCOc1cc(/C=C(\C#N)C(=O)Nc2cccc(C)c2)cc(Br)c1OCC(=O)Nc1ccc(OC)cc1. The summed E-state index contributed by atoms with van der Waals surface area (Å²) in [6.45, 7) is 3.80. The molecule has 8 nitrogen and oxygen atoms in total. The highest BCUT2D eigenvalue weighted by Gasteiger charge is 2.16. The summed E-state index contributed by atoms with van der Waals surface area (Å²) in [4.78, 5) is 25.1. The van der Waals surface area contributed by atoms with Crippen molar-refractivity contribution in [2.45, 2.75) is 13.8 Å². The van der Waals surface area contributed by atoms with Gasteiger partial charge in [-0.3, -0.25) is 9.59 Å². The van der Waals surface area contributed by atoms with Crippen LogP contribution in [0.5, 0.6) is 17.2 Å². The number of aryl methyl sites for hydroxylation is 1. The van der Waals surface area contributed by atoms with Crippen molar-refractivity contribution in [2.75, 3.05) is 31.0 Å². The normalized spacial score (nSPS) is 10.7. The molecular formula is C28H26BrN3O5. The molecule has 0 saturated carbocycles. The second-order valence-electron chi connectivity index (χ2n) is 7.82. The Morgan fingerprint density at radius 3 is 2.43 bits per heavy atom. The summed E-state index contributed by atoms with van der Waals surface area (Å²) in [7, 11) is 1.57. The Bertz CT molecular complexity index is 1350. The predicted molar refractivity (Wildman–Crippen MR) is 146 cm³/mol. The fraction of sp³-hybridized carbons (Fsp3) is 0.179. The highest BCUT2D eigenvalue weighted by Crippen LogP contribution is 2.37. The molecule has 0 unspecified atom stereocenters. The molecule has 0 radical (unpaired) electrons. The van der Waals surface area contributed by atoms with Crippen molar-refractivity contribution < 1.29 is 23.8 Å². The fourth-order valence-electron chi connectivity index (χ4n) is 3.32. The van der Waals surface area contributed by atoms with E-state index in [-0.39, 0.29) is 18.1 Å². The number of nitriles is 1. The van der Waals surface area contributed by atoms with Gasteiger partial charge in [-0.1, -0.05) is 12.1 Å². The number of nitrogens with zero attached hydrogens (tertiary/aromatic N) is 1. The maximum Gasteiger partial charge on any atom is 0.266 e. The average Bonchev–Trinajstić information content (AvgIpc) is 2.87. The summed E-state index contributed by atoms with van der Waals surface area (Å²) in [5, 5.41) is 15.1. The summed E-state index contributed by atoms with van der Waals surface area (Å²) >= 11 is 3.45. The smallest absolute Gasteiger partial charge is 0.266 e. The quantitative estimate of drug-likeness (QED) is 0.241. The number of ether oxygens (including phenoxy) is 3. The maximum atomic E-state index is 12.7. The number of amides is 2. The minimum atomic E-state index is -0.530. The van der Waals surface area contributed by atoms with Crippen molar-refractivity contribution in [1.82, 2.24) is 0 Å². The van der Waals surface area contributed by atoms with Crippen LogP contribution >= 0.6 is 15.9 Å². The lowest BCUT2D eigenvalue weighted by atomic mass is 10.1. The van der Waals surface area contributed by atoms with Crippen LogP contribution in [0, 0.1) is 18.3 Å². The Labute approximate surface area is 224 Å². The fourth-order valence-corrected chi connectivity index (χ4v) is 3.89. The van der Waals surface area contributed by atoms with E-state index in [1.54, 1.807) is 49.6 Å². The molecular weight excluding hydrogens is 538 g/mol. The molecule has 0 aliphatic heterocycles. The zero-order valence-corrected chi connectivity index (χ0v) is 22.2. The minimum absolute atomic E-state index is 0.0802. The number of carbonyl (C=O) groups excluding carboxylic acids is 2. The first-order valence-electron chi connectivity index (χ1n) is 11.4. The highest BCUT2D eigenvalue weighted by atomic mass is 79.9. The van der Waals surface area contributed by atoms with Gasteiger partial charge < -0.3 is 24.8 Å². The number of hydrogen-bond acceptors (Lipinski definition) is 6. The molecule has 3 rings (SSSR count). The van der Waals surface area contributed by atoms with Crippen molar-refractivity contribution in [1.29, 1.82) is 5.26 Å². The third-order valence-corrected chi connectivity index (χ3v) is 5.59. The van der Waals surface area contributed by atoms with E-state index in [2.05, 4.69) is 26.6 Å². The van der Waals surface area contributed by atoms with E-state index in [1.807, 2.05) is 38.1 Å². The van der Waals surface area contributed by atoms with Crippen LogP contribution in [-0.2, 0) is 9.59 Å². The number of hydrogen-bond donors (Lipinski definition) is 2. The molecule has 0 bridgehead atoms. The topological polar surface area (TPSA) is 110 Å². The Balaban J connectivity index is 1.75. The van der Waals surface area contributed by atoms with Crippen LogP contribution in [0.3, 0.4) is 0 Å². The lowest BCUT2D eigenvalue weighted by Crippen LogP contribution is -2.20. The van der Waals surface area contributed by atoms with E-state index in [0.717, 1.165) is 5.56 Å². The van der Waals surface area contributed by atoms with E-state index in [0.29, 0.717) is 45.3 Å². The summed E-state index contributed by atoms with van der Waals surface area (Å²) in [6.07, 6.45) is 1.46. The average molecular weight is 564 g/mol. The number of nitrogens with one attached hydrogen (secondary N) is 2. The molecule has 0 aliphatic carbocycles. The van der Waals surface area contributed by atoms with Gasteiger partial charge in [-0.15, -0.1) is 0 Å². The van der Waals surface area contributed by atoms with Crippen LogP contribution in [0.25, 0.3) is 6.08 Å². The standard InChI is InChI=1S/C28H26BrN3O5/c1-4-36-25-15-19(13-20(16-30)28(34)32-22-7-5-6-18(2)12-22)14-24(29)27(25)37-17-26(33)31-21-8-10-23(35-3)11-9-21/h5-15H,4,17H2,1-3H3,(H,31,33)(H,32,34)/b20-13+. The number of benzene rings is 3. The van der Waals surface area contributed by atoms with Crippen molar-refractivity contribution >= 4 is 45.2 Å². The molecule has 0 heterocycles. The first-order valence-corrected chi connectivity index (χ1v) is 12.1. The minimum Gasteiger partial charge on any atom is -0.497 e. The third-order valence-electron chi connectivity index (χ3n) is 5.01. The monoisotopic (exact) mass is 563 g/mol. The van der Waals surface area contributed by atoms with Crippen LogP contribution in [-0.4, -0.2) is 32.1 Å². The van der Waals surface area contributed by atoms with Gasteiger partial charge in [0, 0.05) is 11.4 Å². The molecule has 0 atom stereocenters. The summed E-state index contributed by atoms with van der Waals surface area (Å²) in [6, 6.07) is 19.5. The van der Waals surface area contributed by atoms with Crippen LogP contribution in [0.15, 0.2) is 70.7 Å². The van der Waals surface area contributed by atoms with Gasteiger partial charge >= 0.3 is 0 Å². The van der Waals surface area contributed by atoms with Crippen molar-refractivity contribution in [3.63, 3.8) is 0 Å². The molecule has 0 spiro atoms. The summed E-state index contributed by atoms with van der Waals surface area (Å²) in [5.74, 6) is 0.477. The van der Waals surface area contributed by atoms with Crippen LogP contribution < -0.4 is 24.8 Å². The Hall–Kier alpha value is -4.29. The molecule has 3 aromatic rings. The molecule has 0 saturated heterocycles. The maximum absolute atomic E-state index is 12.7. The van der Waals surface area contributed by atoms with E-state index >= 15 is 0 Å². The molecule has 9 heteroatoms. The molecule has 2 N–H and O–H groups in total. The van der Waals surface area contributed by atoms with Gasteiger partial charge in [-0.2, -0.15) is 5.26 Å². The molecule has 0 aliphatic rings. The molecule has 37 heavy (non-hydrogen) atoms. The van der Waals surface area contributed by atoms with Crippen molar-refractivity contribution in [3.8, 4) is 23.3 Å². The number of rotatable bonds is 10. The second-order valence-corrected chi connectivity index (χ2v) is 8.68. The van der Waals surface area contributed by atoms with Gasteiger partial charge in [0.05, 0.1) is 18.2 Å². The number of methoxy groups -OCH3 is 1. The lowest BCUT2D eigenvalue weighted by molar-refractivity contribution is -0.118. The van der Waals surface area contributed by atoms with Crippen molar-refractivity contribution in [3.05, 3.63) is 81.8 Å². The van der Waals surface area contributed by atoms with Gasteiger partial charge in [-0.05, 0) is 95.5 Å². The van der Waals surface area contributed by atoms with Gasteiger partial charge in [0.25, 0.3) is 11.8 Å². The van der Waals surface area contributed by atoms with E-state index < -0.39 is 5.91 Å². The molecule has 3 aromatic carbocycles. The van der Waals surface area contributed by atoms with Gasteiger partial charge in [-0.25, -0.2) is 0 Å². The third kappa shape index (κ3) is 7.85. The van der Waals surface area contributed by atoms with E-state index in [4.69, 9.17) is 14.2 Å². The molecule has 190 valence electrons. The lowest BCUT2D eigenvalue weighted by Gasteiger charge is -2.15. The summed E-state index contributed by atoms with van der Waals surface area (Å²) < 4.78 is 17.1. The largest absolute Gasteiger partial charge is 0.497 e. The van der Waals surface area contributed by atoms with Gasteiger partial charge in [0.1, 0.15) is 17.4 Å². The number of halogens is 1. The Kier molecular flexibility index (Phi) is 9.69. The predicted octanol–water partition coefficient (Wildman–Crippen LogP) is 5.73. The van der Waals surface area contributed by atoms with E-state index in [1.165, 1.54) is 6.08 Å². The first kappa shape index (κ1) is 27.3. The zero-order chi connectivity index (χ0) is 26.8. The molecule has 2 amide bonds. The zero-order valence-electron chi connectivity index (χ0n) is 20.6. The summed E-state index contributed by atoms with van der Waals surface area (Å²) in [5.41, 5.74) is 2.65. The van der Waals surface area contributed by atoms with Crippen LogP contribution in [0.1, 0.15) is 18.1 Å². The van der Waals surface area contributed by atoms with Crippen LogP contribution in [0.4, 0.5) is 11.4 Å². The Morgan fingerprint density at radius 1 is 1.03 bits per heavy atom. The van der Waals surface area contributed by atoms with Crippen molar-refractivity contribution in [2.24, 2.45) is 0 Å². The van der Waals surface area contributed by atoms with Gasteiger partial charge in [0.15, 0.2) is 18.1 Å². The van der Waals surface area contributed by atoms with E-state index in [9.17, 15) is 14.9 Å². The molecule has 0 aromatic heterocycles. The number of anilines is 2. The first-order chi connectivity index (χ1) is 17.8. The number of carbonyl (C=O) groups is 2. The highest BCUT2D eigenvalue weighted by molar-refractivity contribution is 9.10. The Morgan fingerprint density at radius 2 is 1.78 bits per heavy atom. The second kappa shape index (κ2) is 13.1. The van der Waals surface area contributed by atoms with Crippen LogP contribution in [0.2, 0.25) is 0 Å². The molecule has 0 fully saturated rings. The van der Waals surface area contributed by atoms with Gasteiger partial charge in [0.2, 0.25) is 0 Å².